The third kappa shape index (κ3) is 7.92. The van der Waals surface area contributed by atoms with Crippen LogP contribution in [-0.4, -0.2) is 42.6 Å². The summed E-state index contributed by atoms with van der Waals surface area (Å²) in [7, 11) is 0. The van der Waals surface area contributed by atoms with Crippen LogP contribution in [0.25, 0.3) is 0 Å². The molecule has 0 saturated carbocycles. The molecule has 0 unspecified atom stereocenters. The van der Waals surface area contributed by atoms with Crippen molar-refractivity contribution in [3.05, 3.63) is 11.6 Å². The lowest BCUT2D eigenvalue weighted by Crippen LogP contribution is -2.45. The molecule has 1 aliphatic heterocycles. The molecule has 5 heteroatoms. The van der Waals surface area contributed by atoms with Crippen LogP contribution in [0.3, 0.4) is 0 Å². The maximum Gasteiger partial charge on any atom is 0.189 e. The average molecular weight is 366 g/mol. The predicted octanol–water partition coefficient (Wildman–Crippen LogP) is 1.96. The molecular weight excluding hydrogens is 339 g/mol. The Balaban J connectivity index is 0.00000289. The highest BCUT2D eigenvalue weighted by molar-refractivity contribution is 14.0. The van der Waals surface area contributed by atoms with E-state index in [2.05, 4.69) is 49.0 Å². The molecule has 4 nitrogen and oxygen atoms in total. The van der Waals surface area contributed by atoms with Crippen LogP contribution < -0.4 is 11.1 Å². The van der Waals surface area contributed by atoms with Crippen LogP contribution >= 0.6 is 24.0 Å². The van der Waals surface area contributed by atoms with E-state index in [-0.39, 0.29) is 29.5 Å². The maximum atomic E-state index is 5.81. The van der Waals surface area contributed by atoms with Gasteiger partial charge in [-0.2, -0.15) is 0 Å². The minimum atomic E-state index is -0.0153. The number of halogens is 1. The average Bonchev–Trinajstić information content (AvgIpc) is 2.18. The highest BCUT2D eigenvalue weighted by Gasteiger charge is 2.10. The molecule has 0 fully saturated rings. The van der Waals surface area contributed by atoms with Gasteiger partial charge in [0, 0.05) is 25.2 Å². The Kier molecular flexibility index (Phi) is 7.86. The Labute approximate surface area is 128 Å². The first kappa shape index (κ1) is 17.7. The Morgan fingerprint density at radius 2 is 2.17 bits per heavy atom. The topological polar surface area (TPSA) is 53.6 Å². The zero-order valence-electron chi connectivity index (χ0n) is 12.0. The van der Waals surface area contributed by atoms with E-state index in [0.29, 0.717) is 5.96 Å². The van der Waals surface area contributed by atoms with Crippen molar-refractivity contribution in [1.29, 1.82) is 0 Å². The monoisotopic (exact) mass is 366 g/mol. The van der Waals surface area contributed by atoms with Gasteiger partial charge in [-0.25, -0.2) is 0 Å². The predicted molar refractivity (Wildman–Crippen MR) is 89.6 cm³/mol. The Morgan fingerprint density at radius 3 is 2.67 bits per heavy atom. The summed E-state index contributed by atoms with van der Waals surface area (Å²) in [4.78, 5) is 6.75. The molecule has 0 saturated heterocycles. The maximum absolute atomic E-state index is 5.81. The highest BCUT2D eigenvalue weighted by atomic mass is 127. The number of rotatable bonds is 3. The first-order valence-electron chi connectivity index (χ1n) is 6.33. The lowest BCUT2D eigenvalue weighted by atomic mass is 10.1. The van der Waals surface area contributed by atoms with Crippen LogP contribution in [0.4, 0.5) is 0 Å². The molecule has 0 aliphatic carbocycles. The molecule has 0 atom stereocenters. The normalized spacial score (nSPS) is 18.0. The minimum absolute atomic E-state index is 0. The zero-order chi connectivity index (χ0) is 12.9. The van der Waals surface area contributed by atoms with Gasteiger partial charge in [-0.3, -0.25) is 9.89 Å². The van der Waals surface area contributed by atoms with Crippen molar-refractivity contribution < 1.29 is 0 Å². The van der Waals surface area contributed by atoms with E-state index in [1.165, 1.54) is 12.0 Å². The van der Waals surface area contributed by atoms with Crippen LogP contribution in [0.2, 0.25) is 0 Å². The van der Waals surface area contributed by atoms with Gasteiger partial charge in [-0.15, -0.1) is 24.0 Å². The summed E-state index contributed by atoms with van der Waals surface area (Å²) in [5.41, 5.74) is 7.29. The van der Waals surface area contributed by atoms with Gasteiger partial charge in [-0.05, 0) is 34.1 Å². The summed E-state index contributed by atoms with van der Waals surface area (Å²) >= 11 is 0. The fourth-order valence-electron chi connectivity index (χ4n) is 1.75. The molecule has 0 aromatic carbocycles. The molecule has 1 rings (SSSR count). The Hall–Kier alpha value is -0.300. The van der Waals surface area contributed by atoms with Crippen molar-refractivity contribution in [2.75, 3.05) is 26.2 Å². The molecule has 0 bridgehead atoms. The van der Waals surface area contributed by atoms with E-state index in [0.717, 1.165) is 26.2 Å². The molecule has 0 aromatic heterocycles. The third-order valence-corrected chi connectivity index (χ3v) is 2.72. The van der Waals surface area contributed by atoms with Gasteiger partial charge >= 0.3 is 0 Å². The van der Waals surface area contributed by atoms with Crippen LogP contribution in [0.15, 0.2) is 16.6 Å². The van der Waals surface area contributed by atoms with Crippen LogP contribution in [-0.2, 0) is 0 Å². The van der Waals surface area contributed by atoms with Gasteiger partial charge in [0.1, 0.15) is 0 Å². The largest absolute Gasteiger partial charge is 0.370 e. The van der Waals surface area contributed by atoms with E-state index in [1.54, 1.807) is 0 Å². The SMILES string of the molecule is CC1=CCN(CCN=C(N)NC(C)(C)C)CC1.I. The second kappa shape index (κ2) is 7.99. The summed E-state index contributed by atoms with van der Waals surface area (Å²) in [5, 5.41) is 3.16. The molecule has 0 radical (unpaired) electrons. The number of nitrogens with two attached hydrogens (primary N) is 1. The van der Waals surface area contributed by atoms with Gasteiger partial charge in [0.05, 0.1) is 6.54 Å². The van der Waals surface area contributed by atoms with Gasteiger partial charge in [0.25, 0.3) is 0 Å². The Bertz CT molecular complexity index is 305. The van der Waals surface area contributed by atoms with E-state index in [9.17, 15) is 0 Å². The molecule has 0 amide bonds. The minimum Gasteiger partial charge on any atom is -0.370 e. The summed E-state index contributed by atoms with van der Waals surface area (Å²) < 4.78 is 0. The van der Waals surface area contributed by atoms with Gasteiger partial charge < -0.3 is 11.1 Å². The highest BCUT2D eigenvalue weighted by Crippen LogP contribution is 2.08. The summed E-state index contributed by atoms with van der Waals surface area (Å²) in [6.07, 6.45) is 3.48. The molecule has 106 valence electrons. The number of hydrogen-bond donors (Lipinski definition) is 2. The number of nitrogens with one attached hydrogen (secondary N) is 1. The molecular formula is C13H27IN4. The quantitative estimate of drug-likeness (QED) is 0.348. The number of nitrogens with zero attached hydrogens (tertiary/aromatic N) is 2. The molecule has 3 N–H and O–H groups in total. The van der Waals surface area contributed by atoms with Crippen molar-refractivity contribution >= 4 is 29.9 Å². The molecule has 0 spiro atoms. The van der Waals surface area contributed by atoms with E-state index in [1.807, 2.05) is 0 Å². The lowest BCUT2D eigenvalue weighted by molar-refractivity contribution is 0.302. The summed E-state index contributed by atoms with van der Waals surface area (Å²) in [5.74, 6) is 0.543. The van der Waals surface area contributed by atoms with Crippen LogP contribution in [0.1, 0.15) is 34.1 Å². The van der Waals surface area contributed by atoms with Crippen molar-refractivity contribution in [2.45, 2.75) is 39.7 Å². The summed E-state index contributed by atoms with van der Waals surface area (Å²) in [6.45, 7) is 12.4. The molecule has 0 aromatic rings. The molecule has 1 heterocycles. The zero-order valence-corrected chi connectivity index (χ0v) is 14.3. The molecule has 18 heavy (non-hydrogen) atoms. The van der Waals surface area contributed by atoms with Crippen LogP contribution in [0.5, 0.6) is 0 Å². The van der Waals surface area contributed by atoms with Gasteiger partial charge in [-0.1, -0.05) is 11.6 Å². The van der Waals surface area contributed by atoms with E-state index in [4.69, 9.17) is 5.73 Å². The second-order valence-electron chi connectivity index (χ2n) is 5.74. The smallest absolute Gasteiger partial charge is 0.189 e. The van der Waals surface area contributed by atoms with Crippen LogP contribution in [0, 0.1) is 0 Å². The molecule has 1 aliphatic rings. The fraction of sp³-hybridized carbons (Fsp3) is 0.769. The first-order chi connectivity index (χ1) is 7.87. The van der Waals surface area contributed by atoms with Gasteiger partial charge in [0.15, 0.2) is 5.96 Å². The standard InChI is InChI=1S/C13H26N4.HI/c1-11-5-8-17(9-6-11)10-7-15-12(14)16-13(2,3)4;/h5H,6-10H2,1-4H3,(H3,14,15,16);1H. The van der Waals surface area contributed by atoms with Gasteiger partial charge in [0.2, 0.25) is 0 Å². The van der Waals surface area contributed by atoms with Crippen molar-refractivity contribution in [1.82, 2.24) is 10.2 Å². The van der Waals surface area contributed by atoms with Crippen molar-refractivity contribution in [3.63, 3.8) is 0 Å². The summed E-state index contributed by atoms with van der Waals surface area (Å²) in [6, 6.07) is 0. The third-order valence-electron chi connectivity index (χ3n) is 2.72. The fourth-order valence-corrected chi connectivity index (χ4v) is 1.75. The number of aliphatic imine (C=N–C) groups is 1. The Morgan fingerprint density at radius 1 is 1.50 bits per heavy atom. The number of guanidine groups is 1. The number of hydrogen-bond acceptors (Lipinski definition) is 2. The lowest BCUT2D eigenvalue weighted by Gasteiger charge is -2.25. The van der Waals surface area contributed by atoms with Crippen molar-refractivity contribution in [2.24, 2.45) is 10.7 Å². The van der Waals surface area contributed by atoms with E-state index < -0.39 is 0 Å². The first-order valence-corrected chi connectivity index (χ1v) is 6.33. The van der Waals surface area contributed by atoms with E-state index >= 15 is 0 Å². The van der Waals surface area contributed by atoms with Crippen molar-refractivity contribution in [3.8, 4) is 0 Å². The second-order valence-corrected chi connectivity index (χ2v) is 5.74.